The Balaban J connectivity index is 2.04. The highest BCUT2D eigenvalue weighted by atomic mass is 31.2. The first-order valence-electron chi connectivity index (χ1n) is 9.77. The Kier molecular flexibility index (Phi) is 12.3. The number of unbranched alkanes of at least 4 members (excludes halogenated alkanes) is 2. The van der Waals surface area contributed by atoms with Gasteiger partial charge in [0.2, 0.25) is 17.7 Å². The van der Waals surface area contributed by atoms with Gasteiger partial charge in [0.05, 0.1) is 0 Å². The van der Waals surface area contributed by atoms with Gasteiger partial charge in [-0.05, 0) is 33.1 Å². The van der Waals surface area contributed by atoms with Crippen LogP contribution < -0.4 is 5.32 Å². The van der Waals surface area contributed by atoms with Gasteiger partial charge < -0.3 is 5.32 Å². The lowest BCUT2D eigenvalue weighted by atomic mass is 10.1. The van der Waals surface area contributed by atoms with Gasteiger partial charge in [0, 0.05) is 41.0 Å². The number of carbonyl (C=O) groups is 3. The van der Waals surface area contributed by atoms with Crippen molar-refractivity contribution in [2.75, 3.05) is 19.7 Å². The maximum absolute atomic E-state index is 12.0. The van der Waals surface area contributed by atoms with Gasteiger partial charge in [-0.2, -0.15) is 0 Å². The van der Waals surface area contributed by atoms with Crippen molar-refractivity contribution in [1.82, 2.24) is 10.2 Å². The first-order valence-corrected chi connectivity index (χ1v) is 12.0. The summed E-state index contributed by atoms with van der Waals surface area (Å²) in [7, 11) is -5.09. The molecule has 1 rings (SSSR count). The molecule has 0 radical (unpaired) electrons. The van der Waals surface area contributed by atoms with E-state index in [0.29, 0.717) is 38.6 Å². The minimum absolute atomic E-state index is 0.0520. The van der Waals surface area contributed by atoms with E-state index >= 15 is 0 Å². The average Bonchev–Trinajstić information content (AvgIpc) is 2.91. The van der Waals surface area contributed by atoms with Crippen molar-refractivity contribution in [1.29, 1.82) is 0 Å². The molecule has 1 aliphatic heterocycles. The Morgan fingerprint density at radius 3 is 2.55 bits per heavy atom. The van der Waals surface area contributed by atoms with Crippen molar-refractivity contribution >= 4 is 34.2 Å². The zero-order valence-corrected chi connectivity index (χ0v) is 18.9. The zero-order valence-electron chi connectivity index (χ0n) is 17.1. The smallest absolute Gasteiger partial charge is 0.354 e. The lowest BCUT2D eigenvalue weighted by Gasteiger charge is -2.14. The Labute approximate surface area is 172 Å². The summed E-state index contributed by atoms with van der Waals surface area (Å²) < 4.78 is 36.8. The first-order chi connectivity index (χ1) is 13.7. The summed E-state index contributed by atoms with van der Waals surface area (Å²) in [6.45, 7) is 5.71. The average molecular weight is 452 g/mol. The quantitative estimate of drug-likeness (QED) is 0.228. The van der Waals surface area contributed by atoms with Crippen LogP contribution in [-0.2, 0) is 36.9 Å². The molecule has 3 atom stereocenters. The topological polar surface area (TPSA) is 128 Å². The summed E-state index contributed by atoms with van der Waals surface area (Å²) in [5.41, 5.74) is 0. The number of rotatable bonds is 15. The van der Waals surface area contributed by atoms with Crippen LogP contribution in [0.5, 0.6) is 0 Å². The van der Waals surface area contributed by atoms with Crippen molar-refractivity contribution in [3.05, 3.63) is 0 Å². The van der Waals surface area contributed by atoms with Crippen LogP contribution in [0.2, 0.25) is 0 Å². The summed E-state index contributed by atoms with van der Waals surface area (Å²) in [4.78, 5) is 36.9. The third-order valence-electron chi connectivity index (χ3n) is 4.17. The number of imide groups is 1. The fourth-order valence-electron chi connectivity index (χ4n) is 2.71. The maximum Gasteiger partial charge on any atom is 0.748 e. The molecule has 0 spiro atoms. The van der Waals surface area contributed by atoms with Crippen molar-refractivity contribution < 1.29 is 36.9 Å². The molecule has 0 aromatic heterocycles. The van der Waals surface area contributed by atoms with Crippen LogP contribution in [0, 0.1) is 5.92 Å². The fourth-order valence-corrected chi connectivity index (χ4v) is 4.07. The van der Waals surface area contributed by atoms with Gasteiger partial charge in [-0.3, -0.25) is 19.3 Å². The molecule has 1 saturated heterocycles. The molecule has 0 aliphatic carbocycles. The highest BCUT2D eigenvalue weighted by Gasteiger charge is 2.40. The van der Waals surface area contributed by atoms with Crippen LogP contribution in [0.25, 0.3) is 0 Å². The Morgan fingerprint density at radius 2 is 1.93 bits per heavy atom. The molecule has 0 saturated carbocycles. The predicted octanol–water partition coefficient (Wildman–Crippen LogP) is 3.22. The Hall–Kier alpha value is -1.31. The second-order valence-corrected chi connectivity index (χ2v) is 8.89. The summed E-state index contributed by atoms with van der Waals surface area (Å²) in [6.07, 6.45) is 2.97. The second-order valence-electron chi connectivity index (χ2n) is 6.87. The number of carbonyl (C=O) groups excluding carboxylic acids is 3. The monoisotopic (exact) mass is 452 g/mol. The molecular formula is C17H30N2O8P2+2. The van der Waals surface area contributed by atoms with E-state index in [9.17, 15) is 23.5 Å². The van der Waals surface area contributed by atoms with Gasteiger partial charge in [0.1, 0.15) is 12.7 Å². The molecule has 1 fully saturated rings. The SMILES string of the molecule is CCC1CC(=O)N(CCCCCC(=O)NCCO[P+](=O)O[P+](=O)OC(C)C)C1=O. The number of nitrogens with one attached hydrogen (secondary N) is 1. The van der Waals surface area contributed by atoms with Crippen molar-refractivity contribution in [2.24, 2.45) is 5.92 Å². The van der Waals surface area contributed by atoms with E-state index in [2.05, 4.69) is 9.63 Å². The number of nitrogens with zero attached hydrogens (tertiary/aromatic N) is 1. The molecule has 29 heavy (non-hydrogen) atoms. The van der Waals surface area contributed by atoms with Gasteiger partial charge in [-0.25, -0.2) is 0 Å². The molecule has 10 nitrogen and oxygen atoms in total. The first kappa shape index (κ1) is 25.7. The van der Waals surface area contributed by atoms with Crippen LogP contribution in [-0.4, -0.2) is 48.4 Å². The van der Waals surface area contributed by atoms with Crippen LogP contribution in [0.15, 0.2) is 0 Å². The van der Waals surface area contributed by atoms with Gasteiger partial charge in [-0.15, -0.1) is 9.05 Å². The van der Waals surface area contributed by atoms with Gasteiger partial charge in [-0.1, -0.05) is 13.3 Å². The fraction of sp³-hybridized carbons (Fsp3) is 0.824. The Morgan fingerprint density at radius 1 is 1.21 bits per heavy atom. The minimum Gasteiger partial charge on any atom is -0.354 e. The largest absolute Gasteiger partial charge is 0.748 e. The van der Waals surface area contributed by atoms with E-state index in [0.717, 1.165) is 6.42 Å². The maximum atomic E-state index is 12.0. The van der Waals surface area contributed by atoms with E-state index < -0.39 is 16.5 Å². The highest BCUT2D eigenvalue weighted by Crippen LogP contribution is 2.40. The second kappa shape index (κ2) is 13.8. The van der Waals surface area contributed by atoms with E-state index in [4.69, 9.17) is 9.05 Å². The summed E-state index contributed by atoms with van der Waals surface area (Å²) in [6, 6.07) is 0. The molecule has 0 aromatic carbocycles. The summed E-state index contributed by atoms with van der Waals surface area (Å²) >= 11 is 0. The molecule has 3 amide bonds. The Bertz CT molecular complexity index is 614. The van der Waals surface area contributed by atoms with Crippen LogP contribution in [0.4, 0.5) is 0 Å². The van der Waals surface area contributed by atoms with Crippen LogP contribution >= 0.6 is 16.5 Å². The summed E-state index contributed by atoms with van der Waals surface area (Å²) in [5.74, 6) is -0.558. The molecule has 1 aliphatic rings. The van der Waals surface area contributed by atoms with Crippen LogP contribution in [0.3, 0.4) is 0 Å². The molecule has 1 N–H and O–H groups in total. The number of hydrogen-bond donors (Lipinski definition) is 1. The third kappa shape index (κ3) is 10.3. The molecule has 3 unspecified atom stereocenters. The predicted molar refractivity (Wildman–Crippen MR) is 105 cm³/mol. The molecule has 0 bridgehead atoms. The molecule has 1 heterocycles. The van der Waals surface area contributed by atoms with Crippen LogP contribution in [0.1, 0.15) is 59.3 Å². The zero-order chi connectivity index (χ0) is 21.8. The van der Waals surface area contributed by atoms with E-state index in [1.54, 1.807) is 13.8 Å². The highest BCUT2D eigenvalue weighted by molar-refractivity contribution is 7.47. The van der Waals surface area contributed by atoms with Gasteiger partial charge >= 0.3 is 16.5 Å². The third-order valence-corrected chi connectivity index (χ3v) is 6.22. The van der Waals surface area contributed by atoms with E-state index in [1.165, 1.54) is 4.90 Å². The molecular weight excluding hydrogens is 422 g/mol. The molecule has 164 valence electrons. The number of likely N-dealkylation sites (tertiary alicyclic amines) is 1. The number of amides is 3. The van der Waals surface area contributed by atoms with E-state index in [1.807, 2.05) is 6.92 Å². The lowest BCUT2D eigenvalue weighted by molar-refractivity contribution is -0.139. The van der Waals surface area contributed by atoms with Gasteiger partial charge in [0.25, 0.3) is 0 Å². The van der Waals surface area contributed by atoms with E-state index in [-0.39, 0.29) is 42.9 Å². The molecule has 12 heteroatoms. The lowest BCUT2D eigenvalue weighted by Crippen LogP contribution is -2.31. The van der Waals surface area contributed by atoms with Crippen molar-refractivity contribution in [2.45, 2.75) is 65.4 Å². The summed E-state index contributed by atoms with van der Waals surface area (Å²) in [5, 5.41) is 2.61. The van der Waals surface area contributed by atoms with Gasteiger partial charge in [0.15, 0.2) is 4.31 Å². The minimum atomic E-state index is -2.58. The normalized spacial score (nSPS) is 17.8. The van der Waals surface area contributed by atoms with Crippen molar-refractivity contribution in [3.63, 3.8) is 0 Å². The van der Waals surface area contributed by atoms with Crippen molar-refractivity contribution in [3.8, 4) is 0 Å². The number of hydrogen-bond acceptors (Lipinski definition) is 8. The molecule has 0 aromatic rings. The standard InChI is InChI=1S/C17H29N2O8P2/c1-4-14-12-16(21)19(17(14)22)10-7-5-6-8-15(20)18-9-11-25-28(23)27-29(24)26-13(2)3/h13-14H,4-12H2,1-3H3/q+1/p+1.